The zero-order valence-corrected chi connectivity index (χ0v) is 12.3. The van der Waals surface area contributed by atoms with Crippen molar-refractivity contribution in [2.75, 3.05) is 6.61 Å². The first kappa shape index (κ1) is 14.5. The van der Waals surface area contributed by atoms with Crippen molar-refractivity contribution in [1.29, 1.82) is 0 Å². The van der Waals surface area contributed by atoms with E-state index in [1.165, 1.54) is 24.0 Å². The van der Waals surface area contributed by atoms with Crippen LogP contribution in [0.15, 0.2) is 23.3 Å². The van der Waals surface area contributed by atoms with Gasteiger partial charge in [0.2, 0.25) is 0 Å². The van der Waals surface area contributed by atoms with Gasteiger partial charge in [-0.3, -0.25) is 0 Å². The van der Waals surface area contributed by atoms with Crippen molar-refractivity contribution in [3.05, 3.63) is 23.3 Å². The minimum absolute atomic E-state index is 0.241. The smallest absolute Gasteiger partial charge is 0.0754 e. The molecule has 0 fully saturated rings. The van der Waals surface area contributed by atoms with Crippen LogP contribution in [0.4, 0.5) is 0 Å². The van der Waals surface area contributed by atoms with Gasteiger partial charge in [0.05, 0.1) is 6.10 Å². The number of ether oxygens (including phenoxy) is 1. The van der Waals surface area contributed by atoms with Gasteiger partial charge < -0.3 is 4.74 Å². The Morgan fingerprint density at radius 3 is 2.76 bits per heavy atom. The minimum Gasteiger partial charge on any atom is -0.374 e. The number of allylic oxidation sites excluding steroid dienone is 3. The molecule has 0 aromatic rings. The molecular weight excluding hydrogens is 208 g/mol. The minimum atomic E-state index is 0.241. The van der Waals surface area contributed by atoms with Crippen LogP contribution in [-0.4, -0.2) is 12.7 Å². The van der Waals surface area contributed by atoms with Crippen LogP contribution >= 0.6 is 0 Å². The highest BCUT2D eigenvalue weighted by Crippen LogP contribution is 2.42. The van der Waals surface area contributed by atoms with Gasteiger partial charge in [0.15, 0.2) is 0 Å². The molecule has 0 radical (unpaired) electrons. The molecule has 0 heterocycles. The van der Waals surface area contributed by atoms with E-state index in [4.69, 9.17) is 4.74 Å². The summed E-state index contributed by atoms with van der Waals surface area (Å²) in [6.45, 7) is 14.2. The van der Waals surface area contributed by atoms with E-state index < -0.39 is 0 Å². The molecule has 17 heavy (non-hydrogen) atoms. The fourth-order valence-corrected chi connectivity index (χ4v) is 2.71. The van der Waals surface area contributed by atoms with Crippen LogP contribution in [0.5, 0.6) is 0 Å². The predicted octanol–water partition coefficient (Wildman–Crippen LogP) is 4.74. The maximum Gasteiger partial charge on any atom is 0.0754 e. The topological polar surface area (TPSA) is 9.23 Å². The molecule has 0 amide bonds. The van der Waals surface area contributed by atoms with Gasteiger partial charge in [-0.1, -0.05) is 31.6 Å². The average Bonchev–Trinajstić information content (AvgIpc) is 2.23. The first-order chi connectivity index (χ1) is 7.88. The molecule has 0 spiro atoms. The summed E-state index contributed by atoms with van der Waals surface area (Å²) in [6.07, 6.45) is 7.56. The van der Waals surface area contributed by atoms with E-state index in [0.29, 0.717) is 11.3 Å². The molecule has 1 aliphatic rings. The summed E-state index contributed by atoms with van der Waals surface area (Å²) in [6, 6.07) is 0. The van der Waals surface area contributed by atoms with Crippen LogP contribution in [0.1, 0.15) is 54.4 Å². The lowest BCUT2D eigenvalue weighted by atomic mass is 9.68. The fraction of sp³-hybridized carbons (Fsp3) is 0.750. The van der Waals surface area contributed by atoms with Crippen molar-refractivity contribution >= 4 is 0 Å². The van der Waals surface area contributed by atoms with Crippen LogP contribution in [0.2, 0.25) is 0 Å². The van der Waals surface area contributed by atoms with Crippen molar-refractivity contribution in [1.82, 2.24) is 0 Å². The van der Waals surface area contributed by atoms with Crippen molar-refractivity contribution in [3.8, 4) is 0 Å². The molecule has 1 aliphatic carbocycles. The fourth-order valence-electron chi connectivity index (χ4n) is 2.71. The molecule has 0 aromatic carbocycles. The third-order valence-corrected chi connectivity index (χ3v) is 4.07. The van der Waals surface area contributed by atoms with Gasteiger partial charge in [-0.15, -0.1) is 0 Å². The van der Waals surface area contributed by atoms with Crippen molar-refractivity contribution < 1.29 is 4.74 Å². The predicted molar refractivity (Wildman–Crippen MR) is 75.1 cm³/mol. The third kappa shape index (κ3) is 3.70. The summed E-state index contributed by atoms with van der Waals surface area (Å²) in [7, 11) is 0. The van der Waals surface area contributed by atoms with E-state index in [9.17, 15) is 0 Å². The number of hydrogen-bond donors (Lipinski definition) is 0. The number of rotatable bonds is 4. The maximum atomic E-state index is 5.66. The molecule has 2 atom stereocenters. The second-order valence-electron chi connectivity index (χ2n) is 5.96. The van der Waals surface area contributed by atoms with E-state index in [-0.39, 0.29) is 6.10 Å². The van der Waals surface area contributed by atoms with E-state index in [1.807, 2.05) is 0 Å². The Kier molecular flexibility index (Phi) is 5.00. The normalized spacial score (nSPS) is 26.6. The summed E-state index contributed by atoms with van der Waals surface area (Å²) < 4.78 is 5.66. The lowest BCUT2D eigenvalue weighted by molar-refractivity contribution is 0.100. The van der Waals surface area contributed by atoms with E-state index in [0.717, 1.165) is 6.61 Å². The summed E-state index contributed by atoms with van der Waals surface area (Å²) in [5, 5.41) is 0. The zero-order valence-electron chi connectivity index (χ0n) is 12.3. The Labute approximate surface area is 107 Å². The molecule has 0 saturated carbocycles. The van der Waals surface area contributed by atoms with Crippen LogP contribution in [-0.2, 0) is 4.74 Å². The molecule has 2 unspecified atom stereocenters. The van der Waals surface area contributed by atoms with E-state index in [1.54, 1.807) is 0 Å². The van der Waals surface area contributed by atoms with Gasteiger partial charge in [-0.05, 0) is 51.5 Å². The van der Waals surface area contributed by atoms with Crippen molar-refractivity contribution in [3.63, 3.8) is 0 Å². The first-order valence-electron chi connectivity index (χ1n) is 6.85. The second kappa shape index (κ2) is 5.86. The standard InChI is InChI=1S/C16H28O/c1-7-17-14(4)13(3)11-15-12(2)9-8-10-16(15,5)6/h9,11,14-15H,7-8,10H2,1-6H3/b13-11+. The molecule has 0 bridgehead atoms. The van der Waals surface area contributed by atoms with Crippen molar-refractivity contribution in [2.24, 2.45) is 11.3 Å². The average molecular weight is 236 g/mol. The van der Waals surface area contributed by atoms with E-state index >= 15 is 0 Å². The largest absolute Gasteiger partial charge is 0.374 e. The Bertz CT molecular complexity index is 309. The Morgan fingerprint density at radius 1 is 1.59 bits per heavy atom. The van der Waals surface area contributed by atoms with Crippen LogP contribution in [0, 0.1) is 11.3 Å². The summed E-state index contributed by atoms with van der Waals surface area (Å²) in [5.41, 5.74) is 3.26. The monoisotopic (exact) mass is 236 g/mol. The maximum absolute atomic E-state index is 5.66. The van der Waals surface area contributed by atoms with Gasteiger partial charge in [0.1, 0.15) is 0 Å². The molecular formula is C16H28O. The molecule has 98 valence electrons. The Morgan fingerprint density at radius 2 is 2.24 bits per heavy atom. The molecule has 0 aliphatic heterocycles. The SMILES string of the molecule is CCOC(C)/C(C)=C/C1C(C)=CCCC1(C)C. The van der Waals surface area contributed by atoms with Gasteiger partial charge in [-0.25, -0.2) is 0 Å². The quantitative estimate of drug-likeness (QED) is 0.641. The van der Waals surface area contributed by atoms with Gasteiger partial charge >= 0.3 is 0 Å². The lowest BCUT2D eigenvalue weighted by Gasteiger charge is -2.37. The van der Waals surface area contributed by atoms with Gasteiger partial charge in [0.25, 0.3) is 0 Å². The number of hydrogen-bond acceptors (Lipinski definition) is 1. The van der Waals surface area contributed by atoms with Crippen LogP contribution < -0.4 is 0 Å². The van der Waals surface area contributed by atoms with Crippen molar-refractivity contribution in [2.45, 2.75) is 60.5 Å². The highest BCUT2D eigenvalue weighted by atomic mass is 16.5. The molecule has 0 aromatic heterocycles. The summed E-state index contributed by atoms with van der Waals surface area (Å²) in [4.78, 5) is 0. The molecule has 1 rings (SSSR count). The zero-order chi connectivity index (χ0) is 13.1. The summed E-state index contributed by atoms with van der Waals surface area (Å²) in [5.74, 6) is 0.569. The molecule has 0 N–H and O–H groups in total. The first-order valence-corrected chi connectivity index (χ1v) is 6.85. The van der Waals surface area contributed by atoms with Crippen LogP contribution in [0.25, 0.3) is 0 Å². The second-order valence-corrected chi connectivity index (χ2v) is 5.96. The van der Waals surface area contributed by atoms with Gasteiger partial charge in [-0.2, -0.15) is 0 Å². The highest BCUT2D eigenvalue weighted by Gasteiger charge is 2.31. The highest BCUT2D eigenvalue weighted by molar-refractivity contribution is 5.22. The molecule has 1 heteroatoms. The molecule has 1 nitrogen and oxygen atoms in total. The molecule has 0 saturated heterocycles. The summed E-state index contributed by atoms with van der Waals surface area (Å²) >= 11 is 0. The van der Waals surface area contributed by atoms with Crippen LogP contribution in [0.3, 0.4) is 0 Å². The Hall–Kier alpha value is -0.560. The Balaban J connectivity index is 2.86. The van der Waals surface area contributed by atoms with Gasteiger partial charge in [0, 0.05) is 12.5 Å². The lowest BCUT2D eigenvalue weighted by Crippen LogP contribution is -2.27. The third-order valence-electron chi connectivity index (χ3n) is 4.07. The van der Waals surface area contributed by atoms with E-state index in [2.05, 4.69) is 53.7 Å².